The molecule has 0 spiro atoms. The number of nitrogens with zero attached hydrogens (tertiary/aromatic N) is 4. The fourth-order valence-electron chi connectivity index (χ4n) is 2.71. The summed E-state index contributed by atoms with van der Waals surface area (Å²) in [6, 6.07) is 7.66. The van der Waals surface area contributed by atoms with Crippen molar-refractivity contribution in [2.75, 3.05) is 13.2 Å². The maximum Gasteiger partial charge on any atom is 0.224 e. The van der Waals surface area contributed by atoms with Gasteiger partial charge in [0, 0.05) is 11.4 Å². The third-order valence-corrected chi connectivity index (χ3v) is 4.23. The van der Waals surface area contributed by atoms with E-state index in [0.717, 1.165) is 5.56 Å². The van der Waals surface area contributed by atoms with Crippen LogP contribution in [-0.4, -0.2) is 44.8 Å². The molecule has 0 bridgehead atoms. The molecule has 1 saturated heterocycles. The number of benzene rings is 1. The van der Waals surface area contributed by atoms with Crippen LogP contribution >= 0.6 is 11.6 Å². The second-order valence-electron chi connectivity index (χ2n) is 5.68. The van der Waals surface area contributed by atoms with E-state index < -0.39 is 0 Å². The van der Waals surface area contributed by atoms with Crippen molar-refractivity contribution in [2.24, 2.45) is 0 Å². The summed E-state index contributed by atoms with van der Waals surface area (Å²) in [4.78, 5) is 18.3. The number of aryl methyl sites for hydroxylation is 1. The van der Waals surface area contributed by atoms with Gasteiger partial charge in [0.1, 0.15) is 18.8 Å². The molecule has 0 aliphatic carbocycles. The first kappa shape index (κ1) is 16.0. The number of morpholine rings is 1. The lowest BCUT2D eigenvalue weighted by atomic mass is 10.1. The van der Waals surface area contributed by atoms with Gasteiger partial charge >= 0.3 is 0 Å². The molecule has 2 atom stereocenters. The lowest BCUT2D eigenvalue weighted by molar-refractivity contribution is -0.144. The van der Waals surface area contributed by atoms with E-state index in [-0.39, 0.29) is 18.1 Å². The monoisotopic (exact) mass is 334 g/mol. The Bertz CT molecular complexity index is 662. The normalized spacial score (nSPS) is 21.4. The van der Waals surface area contributed by atoms with Crippen LogP contribution in [0.25, 0.3) is 0 Å². The predicted molar refractivity (Wildman–Crippen MR) is 86.0 cm³/mol. The minimum absolute atomic E-state index is 0.0636. The second kappa shape index (κ2) is 7.10. The molecule has 23 heavy (non-hydrogen) atoms. The number of aromatic nitrogens is 3. The van der Waals surface area contributed by atoms with Gasteiger partial charge in [-0.05, 0) is 24.6 Å². The van der Waals surface area contributed by atoms with Gasteiger partial charge in [-0.2, -0.15) is 5.10 Å². The van der Waals surface area contributed by atoms with Crippen LogP contribution in [0.1, 0.15) is 25.0 Å². The number of carbonyl (C=O) groups is 1. The molecule has 1 aliphatic heterocycles. The van der Waals surface area contributed by atoms with E-state index in [2.05, 4.69) is 10.1 Å². The zero-order chi connectivity index (χ0) is 16.2. The van der Waals surface area contributed by atoms with E-state index in [1.165, 1.54) is 6.33 Å². The third kappa shape index (κ3) is 3.89. The number of hydrogen-bond donors (Lipinski definition) is 0. The van der Waals surface area contributed by atoms with Gasteiger partial charge in [0.2, 0.25) is 5.91 Å². The molecule has 7 heteroatoms. The standard InChI is InChI=1S/C16H19ClN4O2/c1-12-9-23-15(13-3-2-4-14(17)7-13)8-21(12)16(22)5-6-20-11-18-10-19-20/h2-4,7,10-12,15H,5-6,8-9H2,1H3/t12-,15+/m1/s1. The Morgan fingerprint density at radius 3 is 3.09 bits per heavy atom. The molecule has 1 amide bonds. The van der Waals surface area contributed by atoms with Gasteiger partial charge in [-0.25, -0.2) is 4.98 Å². The minimum atomic E-state index is -0.139. The highest BCUT2D eigenvalue weighted by Crippen LogP contribution is 2.27. The summed E-state index contributed by atoms with van der Waals surface area (Å²) in [6.45, 7) is 3.59. The Kier molecular flexibility index (Phi) is 4.93. The Morgan fingerprint density at radius 2 is 2.35 bits per heavy atom. The number of hydrogen-bond acceptors (Lipinski definition) is 4. The molecule has 2 heterocycles. The van der Waals surface area contributed by atoms with Crippen LogP contribution in [0.4, 0.5) is 0 Å². The van der Waals surface area contributed by atoms with Crippen molar-refractivity contribution in [1.82, 2.24) is 19.7 Å². The maximum atomic E-state index is 12.5. The molecule has 3 rings (SSSR count). The van der Waals surface area contributed by atoms with Gasteiger partial charge in [0.25, 0.3) is 0 Å². The number of rotatable bonds is 4. The van der Waals surface area contributed by atoms with Gasteiger partial charge < -0.3 is 9.64 Å². The van der Waals surface area contributed by atoms with Crippen LogP contribution < -0.4 is 0 Å². The van der Waals surface area contributed by atoms with Crippen molar-refractivity contribution in [3.8, 4) is 0 Å². The summed E-state index contributed by atoms with van der Waals surface area (Å²) in [5.41, 5.74) is 0.999. The van der Waals surface area contributed by atoms with E-state index >= 15 is 0 Å². The van der Waals surface area contributed by atoms with Crippen LogP contribution in [0.15, 0.2) is 36.9 Å². The molecule has 1 aromatic heterocycles. The van der Waals surface area contributed by atoms with Gasteiger partial charge in [-0.1, -0.05) is 23.7 Å². The fourth-order valence-corrected chi connectivity index (χ4v) is 2.91. The Morgan fingerprint density at radius 1 is 1.48 bits per heavy atom. The first-order valence-electron chi connectivity index (χ1n) is 7.62. The van der Waals surface area contributed by atoms with E-state index in [1.807, 2.05) is 36.1 Å². The zero-order valence-electron chi connectivity index (χ0n) is 12.9. The van der Waals surface area contributed by atoms with Crippen molar-refractivity contribution >= 4 is 17.5 Å². The number of ether oxygens (including phenoxy) is 1. The van der Waals surface area contributed by atoms with Gasteiger partial charge in [0.05, 0.1) is 25.7 Å². The molecule has 0 radical (unpaired) electrons. The summed E-state index contributed by atoms with van der Waals surface area (Å²) in [5.74, 6) is 0.100. The summed E-state index contributed by atoms with van der Waals surface area (Å²) >= 11 is 6.05. The van der Waals surface area contributed by atoms with Crippen molar-refractivity contribution in [2.45, 2.75) is 32.0 Å². The maximum absolute atomic E-state index is 12.5. The molecule has 6 nitrogen and oxygen atoms in total. The molecule has 122 valence electrons. The third-order valence-electron chi connectivity index (χ3n) is 4.00. The lowest BCUT2D eigenvalue weighted by Gasteiger charge is -2.38. The lowest BCUT2D eigenvalue weighted by Crippen LogP contribution is -2.48. The van der Waals surface area contributed by atoms with E-state index in [1.54, 1.807) is 11.0 Å². The molecular formula is C16H19ClN4O2. The van der Waals surface area contributed by atoms with Crippen molar-refractivity contribution in [3.05, 3.63) is 47.5 Å². The molecule has 1 fully saturated rings. The Labute approximate surface area is 140 Å². The average Bonchev–Trinajstić information content (AvgIpc) is 3.06. The highest BCUT2D eigenvalue weighted by atomic mass is 35.5. The number of halogens is 1. The first-order chi connectivity index (χ1) is 11.1. The number of carbonyl (C=O) groups excluding carboxylic acids is 1. The molecule has 1 aliphatic rings. The van der Waals surface area contributed by atoms with Crippen molar-refractivity contribution in [1.29, 1.82) is 0 Å². The smallest absolute Gasteiger partial charge is 0.224 e. The average molecular weight is 335 g/mol. The SMILES string of the molecule is C[C@@H]1CO[C@H](c2cccc(Cl)c2)CN1C(=O)CCn1cncn1. The van der Waals surface area contributed by atoms with E-state index in [0.29, 0.717) is 31.1 Å². The van der Waals surface area contributed by atoms with Crippen LogP contribution in [-0.2, 0) is 16.1 Å². The Hall–Kier alpha value is -1.92. The van der Waals surface area contributed by atoms with Gasteiger partial charge in [-0.3, -0.25) is 9.48 Å². The van der Waals surface area contributed by atoms with Crippen LogP contribution in [0.5, 0.6) is 0 Å². The van der Waals surface area contributed by atoms with E-state index in [9.17, 15) is 4.79 Å². The highest BCUT2D eigenvalue weighted by molar-refractivity contribution is 6.30. The zero-order valence-corrected chi connectivity index (χ0v) is 13.7. The topological polar surface area (TPSA) is 60.2 Å². The molecule has 0 unspecified atom stereocenters. The predicted octanol–water partition coefficient (Wildman–Crippen LogP) is 2.31. The molecule has 0 N–H and O–H groups in total. The second-order valence-corrected chi connectivity index (χ2v) is 6.12. The first-order valence-corrected chi connectivity index (χ1v) is 8.00. The number of amides is 1. The fraction of sp³-hybridized carbons (Fsp3) is 0.438. The largest absolute Gasteiger partial charge is 0.370 e. The molecule has 1 aromatic carbocycles. The van der Waals surface area contributed by atoms with E-state index in [4.69, 9.17) is 16.3 Å². The molecular weight excluding hydrogens is 316 g/mol. The van der Waals surface area contributed by atoms with Crippen LogP contribution in [0, 0.1) is 0 Å². The molecule has 2 aromatic rings. The summed E-state index contributed by atoms with van der Waals surface area (Å²) in [7, 11) is 0. The quantitative estimate of drug-likeness (QED) is 0.861. The van der Waals surface area contributed by atoms with Gasteiger partial charge in [0.15, 0.2) is 0 Å². The minimum Gasteiger partial charge on any atom is -0.370 e. The van der Waals surface area contributed by atoms with Crippen LogP contribution in [0.3, 0.4) is 0 Å². The van der Waals surface area contributed by atoms with Crippen molar-refractivity contribution < 1.29 is 9.53 Å². The van der Waals surface area contributed by atoms with Gasteiger partial charge in [-0.15, -0.1) is 0 Å². The summed E-state index contributed by atoms with van der Waals surface area (Å²) < 4.78 is 7.55. The summed E-state index contributed by atoms with van der Waals surface area (Å²) in [5, 5.41) is 4.69. The summed E-state index contributed by atoms with van der Waals surface area (Å²) in [6.07, 6.45) is 3.35. The van der Waals surface area contributed by atoms with Crippen LogP contribution in [0.2, 0.25) is 5.02 Å². The highest BCUT2D eigenvalue weighted by Gasteiger charge is 2.30. The molecule has 0 saturated carbocycles. The Balaban J connectivity index is 1.64. The van der Waals surface area contributed by atoms with Crippen molar-refractivity contribution in [3.63, 3.8) is 0 Å².